The fraction of sp³-hybridized carbons (Fsp3) is 0.304. The first-order chi connectivity index (χ1) is 13.6. The fourth-order valence-electron chi connectivity index (χ4n) is 4.58. The monoisotopic (exact) mass is 373 g/mol. The van der Waals surface area contributed by atoms with E-state index >= 15 is 0 Å². The molecule has 5 nitrogen and oxygen atoms in total. The molecule has 0 fully saturated rings. The van der Waals surface area contributed by atoms with E-state index in [-0.39, 0.29) is 17.9 Å². The summed E-state index contributed by atoms with van der Waals surface area (Å²) in [6, 6.07) is 15.3. The van der Waals surface area contributed by atoms with E-state index in [4.69, 9.17) is 0 Å². The summed E-state index contributed by atoms with van der Waals surface area (Å²) < 4.78 is 0. The van der Waals surface area contributed by atoms with Gasteiger partial charge in [0.1, 0.15) is 6.04 Å². The van der Waals surface area contributed by atoms with Crippen LogP contribution in [-0.4, -0.2) is 27.7 Å². The predicted molar refractivity (Wildman–Crippen MR) is 108 cm³/mol. The highest BCUT2D eigenvalue weighted by Gasteiger charge is 2.35. The Morgan fingerprint density at radius 3 is 2.82 bits per heavy atom. The van der Waals surface area contributed by atoms with Crippen molar-refractivity contribution in [1.29, 1.82) is 0 Å². The molecule has 2 heterocycles. The first kappa shape index (κ1) is 17.0. The maximum Gasteiger partial charge on any atom is 0.255 e. The third-order valence-corrected chi connectivity index (χ3v) is 6.13. The number of hydrogen-bond donors (Lipinski definition) is 2. The quantitative estimate of drug-likeness (QED) is 0.735. The first-order valence-electron chi connectivity index (χ1n) is 9.92. The van der Waals surface area contributed by atoms with Crippen LogP contribution in [0.1, 0.15) is 53.0 Å². The average Bonchev–Trinajstić information content (AvgIpc) is 3.26. The molecule has 28 heavy (non-hydrogen) atoms. The number of aryl methyl sites for hydroxylation is 1. The molecule has 2 amide bonds. The number of rotatable bonds is 3. The molecule has 0 saturated carbocycles. The van der Waals surface area contributed by atoms with Crippen LogP contribution < -0.4 is 5.32 Å². The van der Waals surface area contributed by atoms with Crippen molar-refractivity contribution in [1.82, 2.24) is 15.2 Å². The molecule has 2 atom stereocenters. The number of carbonyl (C=O) groups excluding carboxylic acids is 2. The number of amides is 2. The lowest BCUT2D eigenvalue weighted by Crippen LogP contribution is -2.46. The zero-order valence-electron chi connectivity index (χ0n) is 15.9. The van der Waals surface area contributed by atoms with Crippen LogP contribution in [0.5, 0.6) is 0 Å². The van der Waals surface area contributed by atoms with Crippen LogP contribution in [0.3, 0.4) is 0 Å². The largest absolute Gasteiger partial charge is 0.356 e. The summed E-state index contributed by atoms with van der Waals surface area (Å²) in [4.78, 5) is 30.9. The highest BCUT2D eigenvalue weighted by Crippen LogP contribution is 2.35. The normalized spacial score (nSPS) is 19.4. The third kappa shape index (κ3) is 2.61. The zero-order valence-corrected chi connectivity index (χ0v) is 15.9. The summed E-state index contributed by atoms with van der Waals surface area (Å²) in [5.74, 6) is -0.161. The smallest absolute Gasteiger partial charge is 0.255 e. The van der Waals surface area contributed by atoms with Gasteiger partial charge in [0.2, 0.25) is 5.91 Å². The number of para-hydroxylation sites is 1. The Labute approximate surface area is 163 Å². The lowest BCUT2D eigenvalue weighted by atomic mass is 9.91. The van der Waals surface area contributed by atoms with Gasteiger partial charge in [0.05, 0.1) is 6.04 Å². The van der Waals surface area contributed by atoms with Crippen LogP contribution in [-0.2, 0) is 17.8 Å². The topological polar surface area (TPSA) is 65.2 Å². The maximum absolute atomic E-state index is 13.0. The van der Waals surface area contributed by atoms with Crippen molar-refractivity contribution in [2.75, 3.05) is 0 Å². The van der Waals surface area contributed by atoms with Gasteiger partial charge in [0.25, 0.3) is 5.91 Å². The van der Waals surface area contributed by atoms with Gasteiger partial charge < -0.3 is 15.2 Å². The molecule has 2 N–H and O–H groups in total. The summed E-state index contributed by atoms with van der Waals surface area (Å²) in [5, 5.41) is 4.44. The molecule has 5 heteroatoms. The van der Waals surface area contributed by atoms with Gasteiger partial charge in [0, 0.05) is 28.7 Å². The van der Waals surface area contributed by atoms with E-state index in [0.29, 0.717) is 12.1 Å². The highest BCUT2D eigenvalue weighted by molar-refractivity contribution is 6.01. The molecule has 0 bridgehead atoms. The van der Waals surface area contributed by atoms with Gasteiger partial charge in [-0.2, -0.15) is 0 Å². The third-order valence-electron chi connectivity index (χ3n) is 6.13. The number of hydrogen-bond acceptors (Lipinski definition) is 2. The van der Waals surface area contributed by atoms with Gasteiger partial charge in [-0.05, 0) is 49.4 Å². The Kier molecular flexibility index (Phi) is 3.97. The van der Waals surface area contributed by atoms with Gasteiger partial charge in [-0.1, -0.05) is 36.4 Å². The van der Waals surface area contributed by atoms with E-state index in [1.54, 1.807) is 4.90 Å². The second-order valence-corrected chi connectivity index (χ2v) is 7.78. The van der Waals surface area contributed by atoms with E-state index in [2.05, 4.69) is 28.5 Å². The van der Waals surface area contributed by atoms with Crippen LogP contribution in [0.4, 0.5) is 0 Å². The molecule has 2 aliphatic rings. The fourth-order valence-corrected chi connectivity index (χ4v) is 4.58. The standard InChI is InChI=1S/C23H23N3O2/c1-14(26-13-15-7-2-3-8-16(15)23(26)28)22(27)25-20-12-6-10-18-17-9-4-5-11-19(17)24-21(18)20/h2-5,7-9,11,14,20,24H,6,10,12-13H2,1H3,(H,25,27)/t14-,20?/m0/s1. The molecule has 5 rings (SSSR count). The van der Waals surface area contributed by atoms with Crippen LogP contribution in [0, 0.1) is 0 Å². The van der Waals surface area contributed by atoms with E-state index in [0.717, 1.165) is 36.0 Å². The molecule has 1 aromatic heterocycles. The Balaban J connectivity index is 1.36. The van der Waals surface area contributed by atoms with Crippen molar-refractivity contribution in [2.24, 2.45) is 0 Å². The molecule has 0 spiro atoms. The van der Waals surface area contributed by atoms with E-state index < -0.39 is 6.04 Å². The zero-order chi connectivity index (χ0) is 19.3. The molecule has 0 saturated heterocycles. The number of carbonyl (C=O) groups is 2. The second-order valence-electron chi connectivity index (χ2n) is 7.78. The van der Waals surface area contributed by atoms with Crippen molar-refractivity contribution in [3.8, 4) is 0 Å². The number of nitrogens with one attached hydrogen (secondary N) is 2. The number of nitrogens with zero attached hydrogens (tertiary/aromatic N) is 1. The highest BCUT2D eigenvalue weighted by atomic mass is 16.2. The summed E-state index contributed by atoms with van der Waals surface area (Å²) in [6.07, 6.45) is 2.98. The van der Waals surface area contributed by atoms with Crippen LogP contribution in [0.25, 0.3) is 10.9 Å². The molecule has 142 valence electrons. The van der Waals surface area contributed by atoms with Gasteiger partial charge in [-0.25, -0.2) is 0 Å². The number of H-pyrrole nitrogens is 1. The van der Waals surface area contributed by atoms with Gasteiger partial charge in [-0.15, -0.1) is 0 Å². The van der Waals surface area contributed by atoms with Gasteiger partial charge >= 0.3 is 0 Å². The average molecular weight is 373 g/mol. The first-order valence-corrected chi connectivity index (χ1v) is 9.92. The SMILES string of the molecule is C[C@@H](C(=O)NC1CCCc2c1[nH]c1ccccc21)N1Cc2ccccc2C1=O. The molecule has 2 aromatic carbocycles. The Hall–Kier alpha value is -3.08. The molecule has 1 aliphatic heterocycles. The van der Waals surface area contributed by atoms with Crippen molar-refractivity contribution >= 4 is 22.7 Å². The number of aromatic amines is 1. The second kappa shape index (κ2) is 6.51. The van der Waals surface area contributed by atoms with Gasteiger partial charge in [0.15, 0.2) is 0 Å². The van der Waals surface area contributed by atoms with Crippen molar-refractivity contribution < 1.29 is 9.59 Å². The van der Waals surface area contributed by atoms with Crippen molar-refractivity contribution in [3.05, 3.63) is 70.9 Å². The van der Waals surface area contributed by atoms with Gasteiger partial charge in [-0.3, -0.25) is 9.59 Å². The van der Waals surface area contributed by atoms with Crippen molar-refractivity contribution in [3.63, 3.8) is 0 Å². The molecule has 1 aliphatic carbocycles. The Bertz CT molecular complexity index is 1080. The van der Waals surface area contributed by atoms with E-state index in [1.807, 2.05) is 37.3 Å². The lowest BCUT2D eigenvalue weighted by Gasteiger charge is -2.28. The molecule has 3 aromatic rings. The molecule has 1 unspecified atom stereocenters. The maximum atomic E-state index is 13.0. The summed E-state index contributed by atoms with van der Waals surface area (Å²) in [6.45, 7) is 2.31. The van der Waals surface area contributed by atoms with Crippen LogP contribution in [0.2, 0.25) is 0 Å². The summed E-state index contributed by atoms with van der Waals surface area (Å²) >= 11 is 0. The Morgan fingerprint density at radius 2 is 1.96 bits per heavy atom. The minimum absolute atomic E-state index is 0.0359. The van der Waals surface area contributed by atoms with Crippen LogP contribution in [0.15, 0.2) is 48.5 Å². The molecule has 0 radical (unpaired) electrons. The minimum atomic E-state index is -0.505. The predicted octanol–water partition coefficient (Wildman–Crippen LogP) is 3.71. The summed E-state index contributed by atoms with van der Waals surface area (Å²) in [7, 11) is 0. The number of fused-ring (bicyclic) bond motifs is 4. The number of aromatic nitrogens is 1. The van der Waals surface area contributed by atoms with Crippen molar-refractivity contribution in [2.45, 2.75) is 44.8 Å². The number of benzene rings is 2. The van der Waals surface area contributed by atoms with E-state index in [9.17, 15) is 9.59 Å². The summed E-state index contributed by atoms with van der Waals surface area (Å²) in [5.41, 5.74) is 5.24. The molecular formula is C23H23N3O2. The lowest BCUT2D eigenvalue weighted by molar-refractivity contribution is -0.126. The Morgan fingerprint density at radius 1 is 1.18 bits per heavy atom. The van der Waals surface area contributed by atoms with Crippen LogP contribution >= 0.6 is 0 Å². The molecular weight excluding hydrogens is 350 g/mol. The minimum Gasteiger partial charge on any atom is -0.356 e. The van der Waals surface area contributed by atoms with E-state index in [1.165, 1.54) is 10.9 Å².